The number of nitrogens with zero attached hydrogens (tertiary/aromatic N) is 1. The molecule has 0 aliphatic heterocycles. The van der Waals surface area contributed by atoms with Crippen LogP contribution in [0, 0.1) is 17.2 Å². The molecule has 2 nitrogen and oxygen atoms in total. The van der Waals surface area contributed by atoms with Gasteiger partial charge in [-0.15, -0.1) is 0 Å². The lowest BCUT2D eigenvalue weighted by molar-refractivity contribution is -0.137. The highest BCUT2D eigenvalue weighted by molar-refractivity contribution is 5.59. The van der Waals surface area contributed by atoms with Crippen molar-refractivity contribution in [3.63, 3.8) is 0 Å². The van der Waals surface area contributed by atoms with Crippen molar-refractivity contribution in [2.75, 3.05) is 5.32 Å². The molecule has 5 heteroatoms. The summed E-state index contributed by atoms with van der Waals surface area (Å²) < 4.78 is 37.7. The van der Waals surface area contributed by atoms with Gasteiger partial charge in [-0.2, -0.15) is 18.4 Å². The van der Waals surface area contributed by atoms with Crippen LogP contribution >= 0.6 is 0 Å². The van der Waals surface area contributed by atoms with Crippen molar-refractivity contribution in [2.24, 2.45) is 5.92 Å². The van der Waals surface area contributed by atoms with Crippen LogP contribution in [0.1, 0.15) is 38.3 Å². The van der Waals surface area contributed by atoms with E-state index in [1.807, 2.05) is 26.8 Å². The van der Waals surface area contributed by atoms with Crippen LogP contribution in [0.25, 0.3) is 0 Å². The number of hydrogen-bond acceptors (Lipinski definition) is 2. The molecule has 0 aliphatic carbocycles. The molecule has 0 radical (unpaired) electrons. The third-order valence-corrected chi connectivity index (χ3v) is 3.05. The van der Waals surface area contributed by atoms with Gasteiger partial charge in [0.05, 0.1) is 16.8 Å². The van der Waals surface area contributed by atoms with E-state index >= 15 is 0 Å². The number of nitrogens with one attached hydrogen (secondary N) is 1. The largest absolute Gasteiger partial charge is 0.416 e. The van der Waals surface area contributed by atoms with Crippen LogP contribution < -0.4 is 5.32 Å². The van der Waals surface area contributed by atoms with Crippen LogP contribution in [-0.4, -0.2) is 6.04 Å². The molecule has 0 heterocycles. The molecule has 19 heavy (non-hydrogen) atoms. The van der Waals surface area contributed by atoms with Crippen LogP contribution in [0.4, 0.5) is 18.9 Å². The Bertz CT molecular complexity index is 473. The minimum atomic E-state index is -4.42. The van der Waals surface area contributed by atoms with Crippen LogP contribution in [0.2, 0.25) is 0 Å². The van der Waals surface area contributed by atoms with Crippen LogP contribution in [0.5, 0.6) is 0 Å². The predicted molar refractivity (Wildman–Crippen MR) is 68.7 cm³/mol. The molecule has 0 saturated heterocycles. The van der Waals surface area contributed by atoms with Crippen molar-refractivity contribution >= 4 is 5.69 Å². The maximum Gasteiger partial charge on any atom is 0.416 e. The lowest BCUT2D eigenvalue weighted by atomic mass is 10.0. The fraction of sp³-hybridized carbons (Fsp3) is 0.500. The number of hydrogen-bond donors (Lipinski definition) is 1. The lowest BCUT2D eigenvalue weighted by Crippen LogP contribution is -2.25. The maximum absolute atomic E-state index is 12.6. The fourth-order valence-corrected chi connectivity index (χ4v) is 1.88. The molecule has 1 unspecified atom stereocenters. The van der Waals surface area contributed by atoms with Crippen molar-refractivity contribution in [1.29, 1.82) is 5.26 Å². The average Bonchev–Trinajstić information content (AvgIpc) is 2.34. The van der Waals surface area contributed by atoms with Gasteiger partial charge in [0, 0.05) is 6.04 Å². The van der Waals surface area contributed by atoms with Gasteiger partial charge in [0.1, 0.15) is 6.07 Å². The molecule has 0 aliphatic rings. The molecule has 1 aromatic carbocycles. The van der Waals surface area contributed by atoms with Crippen LogP contribution in [0.3, 0.4) is 0 Å². The Labute approximate surface area is 111 Å². The van der Waals surface area contributed by atoms with E-state index in [0.29, 0.717) is 11.6 Å². The van der Waals surface area contributed by atoms with Crippen molar-refractivity contribution in [3.8, 4) is 6.07 Å². The summed E-state index contributed by atoms with van der Waals surface area (Å²) in [5.74, 6) is 0.332. The zero-order valence-electron chi connectivity index (χ0n) is 11.2. The van der Waals surface area contributed by atoms with Crippen molar-refractivity contribution in [3.05, 3.63) is 29.3 Å². The Morgan fingerprint density at radius 1 is 1.32 bits per heavy atom. The number of alkyl halides is 3. The summed E-state index contributed by atoms with van der Waals surface area (Å²) in [5.41, 5.74) is -0.322. The standard InChI is InChI=1S/C14H17F3N2/c1-4-12(9(2)3)19-13-6-5-11(14(15,16)17)7-10(13)8-18/h5-7,9,12,19H,4H2,1-3H3. The van der Waals surface area contributed by atoms with Gasteiger partial charge in [0.2, 0.25) is 0 Å². The van der Waals surface area contributed by atoms with Gasteiger partial charge in [-0.1, -0.05) is 20.8 Å². The molecule has 1 N–H and O–H groups in total. The van der Waals surface area contributed by atoms with Gasteiger partial charge < -0.3 is 5.32 Å². The van der Waals surface area contributed by atoms with E-state index in [9.17, 15) is 13.2 Å². The van der Waals surface area contributed by atoms with Gasteiger partial charge in [-0.05, 0) is 30.5 Å². The lowest BCUT2D eigenvalue weighted by Gasteiger charge is -2.23. The smallest absolute Gasteiger partial charge is 0.381 e. The van der Waals surface area contributed by atoms with Crippen LogP contribution in [-0.2, 0) is 6.18 Å². The first-order valence-electron chi connectivity index (χ1n) is 6.17. The molecule has 1 rings (SSSR count). The number of anilines is 1. The molecule has 0 fully saturated rings. The van der Waals surface area contributed by atoms with E-state index in [-0.39, 0.29) is 11.6 Å². The summed E-state index contributed by atoms with van der Waals surface area (Å²) in [6, 6.07) is 5.15. The molecule has 104 valence electrons. The second-order valence-corrected chi connectivity index (χ2v) is 4.77. The van der Waals surface area contributed by atoms with Crippen molar-refractivity contribution in [2.45, 2.75) is 39.4 Å². The Morgan fingerprint density at radius 2 is 1.95 bits per heavy atom. The molecule has 0 spiro atoms. The quantitative estimate of drug-likeness (QED) is 0.878. The monoisotopic (exact) mass is 270 g/mol. The van der Waals surface area contributed by atoms with Crippen LogP contribution in [0.15, 0.2) is 18.2 Å². The highest BCUT2D eigenvalue weighted by Crippen LogP contribution is 2.32. The van der Waals surface area contributed by atoms with E-state index in [4.69, 9.17) is 5.26 Å². The Morgan fingerprint density at radius 3 is 2.37 bits per heavy atom. The second-order valence-electron chi connectivity index (χ2n) is 4.77. The minimum Gasteiger partial charge on any atom is -0.381 e. The maximum atomic E-state index is 12.6. The molecule has 1 atom stereocenters. The molecule has 0 aromatic heterocycles. The zero-order chi connectivity index (χ0) is 14.6. The minimum absolute atomic E-state index is 0.0222. The predicted octanol–water partition coefficient (Wildman–Crippen LogP) is 4.42. The molecule has 0 amide bonds. The molecule has 0 bridgehead atoms. The third kappa shape index (κ3) is 3.88. The van der Waals surface area contributed by atoms with Crippen molar-refractivity contribution < 1.29 is 13.2 Å². The van der Waals surface area contributed by atoms with Crippen molar-refractivity contribution in [1.82, 2.24) is 0 Å². The van der Waals surface area contributed by atoms with Gasteiger partial charge in [0.15, 0.2) is 0 Å². The van der Waals surface area contributed by atoms with Gasteiger partial charge >= 0.3 is 6.18 Å². The SMILES string of the molecule is CCC(Nc1ccc(C(F)(F)F)cc1C#N)C(C)C. The summed E-state index contributed by atoms with van der Waals surface area (Å²) in [6.45, 7) is 6.04. The summed E-state index contributed by atoms with van der Waals surface area (Å²) in [6.07, 6.45) is -3.59. The molecule has 1 aromatic rings. The first-order valence-corrected chi connectivity index (χ1v) is 6.17. The third-order valence-electron chi connectivity index (χ3n) is 3.05. The second kappa shape index (κ2) is 5.96. The molecular formula is C14H17F3N2. The van der Waals surface area contributed by atoms with E-state index < -0.39 is 11.7 Å². The first-order chi connectivity index (χ1) is 8.79. The highest BCUT2D eigenvalue weighted by atomic mass is 19.4. The summed E-state index contributed by atoms with van der Waals surface area (Å²) in [4.78, 5) is 0. The average molecular weight is 270 g/mol. The Kier molecular flexibility index (Phi) is 4.82. The Hall–Kier alpha value is -1.70. The fourth-order valence-electron chi connectivity index (χ4n) is 1.88. The normalized spacial score (nSPS) is 13.2. The summed E-state index contributed by atoms with van der Waals surface area (Å²) in [5, 5.41) is 12.1. The van der Waals surface area contributed by atoms with E-state index in [1.165, 1.54) is 6.07 Å². The number of halogens is 3. The molecule has 0 saturated carbocycles. The van der Waals surface area contributed by atoms with Gasteiger partial charge in [0.25, 0.3) is 0 Å². The molecular weight excluding hydrogens is 253 g/mol. The number of rotatable bonds is 4. The summed E-state index contributed by atoms with van der Waals surface area (Å²) in [7, 11) is 0. The number of benzene rings is 1. The summed E-state index contributed by atoms with van der Waals surface area (Å²) >= 11 is 0. The van der Waals surface area contributed by atoms with E-state index in [0.717, 1.165) is 18.6 Å². The van der Waals surface area contributed by atoms with Gasteiger partial charge in [-0.3, -0.25) is 0 Å². The van der Waals surface area contributed by atoms with E-state index in [2.05, 4.69) is 5.32 Å². The topological polar surface area (TPSA) is 35.8 Å². The number of nitriles is 1. The van der Waals surface area contributed by atoms with E-state index in [1.54, 1.807) is 0 Å². The van der Waals surface area contributed by atoms with Gasteiger partial charge in [-0.25, -0.2) is 0 Å². The zero-order valence-corrected chi connectivity index (χ0v) is 11.2. The first kappa shape index (κ1) is 15.4. The highest BCUT2D eigenvalue weighted by Gasteiger charge is 2.31. The Balaban J connectivity index is 3.07.